The molecule has 0 saturated carbocycles. The summed E-state index contributed by atoms with van der Waals surface area (Å²) in [6.07, 6.45) is 34.5. The quantitative estimate of drug-likeness (QED) is 0.0330. The van der Waals surface area contributed by atoms with Crippen LogP contribution in [0.2, 0.25) is 0 Å². The van der Waals surface area contributed by atoms with E-state index in [4.69, 9.17) is 9.05 Å². The van der Waals surface area contributed by atoms with E-state index in [1.54, 1.807) is 6.08 Å². The van der Waals surface area contributed by atoms with E-state index >= 15 is 0 Å². The van der Waals surface area contributed by atoms with Gasteiger partial charge in [0.05, 0.1) is 27.2 Å². The molecule has 1 N–H and O–H groups in total. The first-order valence-corrected chi connectivity index (χ1v) is 21.5. The summed E-state index contributed by atoms with van der Waals surface area (Å²) in [5, 5.41) is 11.1. The molecule has 1 rings (SSSR count). The molecule has 1 fully saturated rings. The summed E-state index contributed by atoms with van der Waals surface area (Å²) in [4.78, 5) is 27.3. The lowest BCUT2D eigenvalue weighted by Crippen LogP contribution is -2.45. The monoisotopic (exact) mass is 686 g/mol. The lowest BCUT2D eigenvalue weighted by atomic mass is 10.0. The van der Waals surface area contributed by atoms with Crippen molar-refractivity contribution in [1.82, 2.24) is 4.67 Å². The molecular weight excluding hydrogens is 607 g/mol. The highest BCUT2D eigenvalue weighted by Gasteiger charge is 2.55. The van der Waals surface area contributed by atoms with Gasteiger partial charge in [-0.1, -0.05) is 167 Å². The van der Waals surface area contributed by atoms with Crippen LogP contribution in [0.3, 0.4) is 0 Å². The predicted molar refractivity (Wildman–Crippen MR) is 199 cm³/mol. The largest absolute Gasteiger partial charge is 0.612 e. The fourth-order valence-electron chi connectivity index (χ4n) is 6.28. The van der Waals surface area contributed by atoms with E-state index in [-0.39, 0.29) is 19.1 Å². The second-order valence-electron chi connectivity index (χ2n) is 15.2. The number of carbonyl (C=O) groups excluding carboxylic acids is 1. The Labute approximate surface area is 292 Å². The van der Waals surface area contributed by atoms with Crippen molar-refractivity contribution in [2.45, 2.75) is 193 Å². The van der Waals surface area contributed by atoms with Crippen molar-refractivity contribution in [2.24, 2.45) is 0 Å². The van der Waals surface area contributed by atoms with Crippen LogP contribution in [0.4, 0.5) is 0 Å². The van der Waals surface area contributed by atoms with Gasteiger partial charge in [0.2, 0.25) is 0 Å². The number of rotatable bonds is 32. The second-order valence-corrected chi connectivity index (χ2v) is 17.0. The smallest absolute Gasteiger partial charge is 0.341 e. The van der Waals surface area contributed by atoms with Crippen molar-refractivity contribution in [3.63, 3.8) is 0 Å². The van der Waals surface area contributed by atoms with E-state index in [1.165, 1.54) is 133 Å². The molecule has 0 radical (unpaired) electrons. The van der Waals surface area contributed by atoms with Crippen LogP contribution in [-0.4, -0.2) is 73.2 Å². The highest BCUT2D eigenvalue weighted by Crippen LogP contribution is 2.62. The molecule has 278 valence electrons. The van der Waals surface area contributed by atoms with E-state index in [0.717, 1.165) is 32.1 Å². The van der Waals surface area contributed by atoms with E-state index < -0.39 is 20.2 Å². The molecular formula is C39H78N2O5P+. The lowest BCUT2D eigenvalue weighted by molar-refractivity contribution is -0.870. The molecule has 0 bridgehead atoms. The van der Waals surface area contributed by atoms with Crippen LogP contribution in [0.15, 0.2) is 12.2 Å². The summed E-state index contributed by atoms with van der Waals surface area (Å²) in [7, 11) is 2.31. The summed E-state index contributed by atoms with van der Waals surface area (Å²) in [6, 6.07) is -0.687. The maximum atomic E-state index is 13.8. The third-order valence-corrected chi connectivity index (χ3v) is 11.5. The molecule has 3 atom stereocenters. The van der Waals surface area contributed by atoms with Crippen molar-refractivity contribution in [3.05, 3.63) is 12.2 Å². The number of allylic oxidation sites excluding steroid dienone is 1. The van der Waals surface area contributed by atoms with Crippen molar-refractivity contribution in [3.8, 4) is 0 Å². The van der Waals surface area contributed by atoms with E-state index in [1.807, 2.05) is 27.2 Å². The zero-order chi connectivity index (χ0) is 34.6. The number of unbranched alkanes of at least 4 members (excludes halogenated alkanes) is 23. The fourth-order valence-corrected chi connectivity index (χ4v) is 8.19. The van der Waals surface area contributed by atoms with Crippen molar-refractivity contribution in [1.29, 1.82) is 0 Å². The summed E-state index contributed by atoms with van der Waals surface area (Å²) >= 11 is 0. The Morgan fingerprint density at radius 2 is 1.21 bits per heavy atom. The molecule has 1 aliphatic rings. The van der Waals surface area contributed by atoms with E-state index in [9.17, 15) is 14.8 Å². The third-order valence-electron chi connectivity index (χ3n) is 9.45. The molecule has 1 heterocycles. The average molecular weight is 686 g/mol. The number of amides is 1. The molecule has 0 spiro atoms. The number of hydrogen-bond donors (Lipinski definition) is 1. The molecule has 1 saturated heterocycles. The van der Waals surface area contributed by atoms with Gasteiger partial charge in [-0.25, -0.2) is 0 Å². The number of carbonyl (C=O) groups is 1. The molecule has 0 aromatic heterocycles. The number of quaternary nitrogens is 1. The van der Waals surface area contributed by atoms with Crippen molar-refractivity contribution >= 4 is 14.0 Å². The topological polar surface area (TPSA) is 82.1 Å². The number of likely N-dealkylation sites (N-methyl/N-ethyl adjacent to an activating group) is 1. The van der Waals surface area contributed by atoms with Gasteiger partial charge in [-0.15, -0.1) is 0 Å². The van der Waals surface area contributed by atoms with Gasteiger partial charge in [0.15, 0.2) is 0 Å². The number of nitrogens with zero attached hydrogens (tertiary/aromatic N) is 2. The Kier molecular flexibility index (Phi) is 26.7. The van der Waals surface area contributed by atoms with Crippen LogP contribution >= 0.6 is 8.09 Å². The van der Waals surface area contributed by atoms with Gasteiger partial charge in [0.25, 0.3) is 5.91 Å². The number of aliphatic hydroxyl groups is 1. The van der Waals surface area contributed by atoms with Crippen molar-refractivity contribution < 1.29 is 28.3 Å². The van der Waals surface area contributed by atoms with Gasteiger partial charge < -0.3 is 14.5 Å². The van der Waals surface area contributed by atoms with Crippen LogP contribution in [0.25, 0.3) is 0 Å². The standard InChI is InChI=1S/C39H78N2O5P/c1-6-8-10-12-14-16-18-20-22-24-26-28-30-32-38(42)37-36-46-47(44,45-35-34-41(3,4)5)40(37)39(43)33-31-29-27-25-23-21-19-17-15-13-11-9-7-2/h30,32,37-38,42H,6-29,31,33-36H2,1-5H3/q+1/b32-30+/t37-,38+,47?/m0/s1. The summed E-state index contributed by atoms with van der Waals surface area (Å²) < 4.78 is 13.4. The van der Waals surface area contributed by atoms with Crippen molar-refractivity contribution in [2.75, 3.05) is 40.9 Å². The van der Waals surface area contributed by atoms with Crippen LogP contribution in [0.5, 0.6) is 0 Å². The maximum absolute atomic E-state index is 13.8. The van der Waals surface area contributed by atoms with Gasteiger partial charge in [0, 0.05) is 6.42 Å². The van der Waals surface area contributed by atoms with Crippen LogP contribution < -0.4 is 4.89 Å². The zero-order valence-corrected chi connectivity index (χ0v) is 32.6. The normalized spacial score (nSPS) is 19.3. The van der Waals surface area contributed by atoms with Crippen LogP contribution in [-0.2, 0) is 13.8 Å². The molecule has 0 aliphatic carbocycles. The van der Waals surface area contributed by atoms with Gasteiger partial charge in [0.1, 0.15) is 25.8 Å². The summed E-state index contributed by atoms with van der Waals surface area (Å²) in [6.45, 7) is 5.41. The first-order valence-electron chi connectivity index (χ1n) is 20.0. The predicted octanol–water partition coefficient (Wildman–Crippen LogP) is 10.1. The van der Waals surface area contributed by atoms with Crippen LogP contribution in [0, 0.1) is 0 Å². The number of aliphatic hydroxyl groups excluding tert-OH is 1. The minimum Gasteiger partial charge on any atom is -0.612 e. The zero-order valence-electron chi connectivity index (χ0n) is 31.7. The summed E-state index contributed by atoms with van der Waals surface area (Å²) in [5.41, 5.74) is 0. The first-order chi connectivity index (χ1) is 22.6. The molecule has 1 aliphatic heterocycles. The Balaban J connectivity index is 2.44. The summed E-state index contributed by atoms with van der Waals surface area (Å²) in [5.74, 6) is -0.234. The third kappa shape index (κ3) is 22.7. The molecule has 47 heavy (non-hydrogen) atoms. The molecule has 7 nitrogen and oxygen atoms in total. The SMILES string of the molecule is CCCCCCCCCCCCC/C=C/[C@@H](O)[C@@H]1CO[P+]([O-])(OCC[N+](C)(C)C)N1C(=O)CCCCCCCCCCCCCCC. The maximum Gasteiger partial charge on any atom is 0.341 e. The minimum absolute atomic E-state index is 0.0238. The Hall–Kier alpha value is -0.560. The molecule has 0 aromatic rings. The minimum atomic E-state index is -3.81. The fraction of sp³-hybridized carbons (Fsp3) is 0.923. The number of hydrogen-bond acceptors (Lipinski definition) is 5. The van der Waals surface area contributed by atoms with Gasteiger partial charge in [-0.3, -0.25) is 4.79 Å². The van der Waals surface area contributed by atoms with Crippen LogP contribution in [0.1, 0.15) is 181 Å². The molecule has 1 amide bonds. The second kappa shape index (κ2) is 28.2. The Bertz CT molecular complexity index is 777. The van der Waals surface area contributed by atoms with E-state index in [0.29, 0.717) is 17.4 Å². The highest BCUT2D eigenvalue weighted by molar-refractivity contribution is 7.57. The van der Waals surface area contributed by atoms with Gasteiger partial charge >= 0.3 is 8.09 Å². The molecule has 1 unspecified atom stereocenters. The highest BCUT2D eigenvalue weighted by atomic mass is 31.2. The Morgan fingerprint density at radius 3 is 1.66 bits per heavy atom. The average Bonchev–Trinajstić information content (AvgIpc) is 3.38. The first kappa shape index (κ1) is 44.5. The van der Waals surface area contributed by atoms with Gasteiger partial charge in [-0.2, -0.15) is 13.7 Å². The molecule has 8 heteroatoms. The van der Waals surface area contributed by atoms with Gasteiger partial charge in [-0.05, 0) is 19.3 Å². The van der Waals surface area contributed by atoms with E-state index in [2.05, 4.69) is 13.8 Å². The lowest BCUT2D eigenvalue weighted by Gasteiger charge is -2.33. The Morgan fingerprint density at radius 1 is 0.787 bits per heavy atom. The molecule has 0 aromatic carbocycles.